The number of nitrogens with zero attached hydrogens (tertiary/aromatic N) is 1. The maximum absolute atomic E-state index is 13.9. The number of rotatable bonds is 9. The number of thioether (sulfide) groups is 1. The summed E-state index contributed by atoms with van der Waals surface area (Å²) in [6, 6.07) is 11.6. The molecule has 0 spiro atoms. The Morgan fingerprint density at radius 1 is 1.11 bits per heavy atom. The molecule has 10 heteroatoms. The molecule has 0 bridgehead atoms. The highest BCUT2D eigenvalue weighted by Crippen LogP contribution is 2.32. The first kappa shape index (κ1) is 26.0. The molecule has 3 rings (SSSR count). The molecule has 2 N–H and O–H groups in total. The molecule has 8 nitrogen and oxygen atoms in total. The van der Waals surface area contributed by atoms with E-state index >= 15 is 0 Å². The number of carbonyl (C=O) groups excluding carboxylic acids is 4. The lowest BCUT2D eigenvalue weighted by atomic mass is 10.0. The van der Waals surface area contributed by atoms with Gasteiger partial charge < -0.3 is 15.4 Å². The van der Waals surface area contributed by atoms with Gasteiger partial charge in [0, 0.05) is 13.1 Å². The van der Waals surface area contributed by atoms with Crippen molar-refractivity contribution in [3.8, 4) is 5.75 Å². The highest BCUT2D eigenvalue weighted by atomic mass is 32.2. The summed E-state index contributed by atoms with van der Waals surface area (Å²) in [7, 11) is 1.56. The molecule has 1 unspecified atom stereocenters. The Balaban J connectivity index is 1.57. The summed E-state index contributed by atoms with van der Waals surface area (Å²) >= 11 is 0.826. The van der Waals surface area contributed by atoms with Crippen LogP contribution in [0.25, 0.3) is 6.08 Å². The van der Waals surface area contributed by atoms with Crippen molar-refractivity contribution in [1.29, 1.82) is 0 Å². The van der Waals surface area contributed by atoms with Gasteiger partial charge in [-0.15, -0.1) is 0 Å². The van der Waals surface area contributed by atoms with Crippen molar-refractivity contribution in [2.24, 2.45) is 5.92 Å². The number of hydrogen-bond acceptors (Lipinski definition) is 6. The van der Waals surface area contributed by atoms with E-state index in [4.69, 9.17) is 4.74 Å². The van der Waals surface area contributed by atoms with Crippen molar-refractivity contribution in [2.45, 2.75) is 19.9 Å². The average Bonchev–Trinajstić information content (AvgIpc) is 3.10. The molecule has 1 heterocycles. The number of carbonyl (C=O) groups is 4. The number of ether oxygens (including phenoxy) is 1. The van der Waals surface area contributed by atoms with Crippen LogP contribution in [-0.4, -0.2) is 54.1 Å². The summed E-state index contributed by atoms with van der Waals surface area (Å²) in [5, 5.41) is 4.76. The van der Waals surface area contributed by atoms with Gasteiger partial charge in [0.05, 0.1) is 17.6 Å². The third-order valence-electron chi connectivity index (χ3n) is 5.28. The van der Waals surface area contributed by atoms with Crippen LogP contribution in [0.2, 0.25) is 0 Å². The van der Waals surface area contributed by atoms with Gasteiger partial charge in [-0.2, -0.15) is 0 Å². The van der Waals surface area contributed by atoms with E-state index in [1.54, 1.807) is 51.3 Å². The van der Waals surface area contributed by atoms with Gasteiger partial charge in [0.15, 0.2) is 0 Å². The number of halogens is 1. The minimum absolute atomic E-state index is 0.00543. The molecule has 1 aliphatic rings. The molecular formula is C25H26FN3O5S. The zero-order chi connectivity index (χ0) is 25.5. The zero-order valence-corrected chi connectivity index (χ0v) is 20.4. The molecule has 4 amide bonds. The van der Waals surface area contributed by atoms with Gasteiger partial charge in [-0.05, 0) is 53.6 Å². The molecule has 2 aromatic carbocycles. The van der Waals surface area contributed by atoms with Crippen LogP contribution in [0.5, 0.6) is 5.75 Å². The summed E-state index contributed by atoms with van der Waals surface area (Å²) in [5.74, 6) is -1.93. The number of benzene rings is 2. The Bertz CT molecular complexity index is 1150. The zero-order valence-electron chi connectivity index (χ0n) is 19.5. The second kappa shape index (κ2) is 11.7. The Hall–Kier alpha value is -3.66. The minimum Gasteiger partial charge on any atom is -0.497 e. The van der Waals surface area contributed by atoms with Crippen LogP contribution in [0.15, 0.2) is 53.4 Å². The van der Waals surface area contributed by atoms with Crippen LogP contribution in [0.3, 0.4) is 0 Å². The molecule has 1 aliphatic heterocycles. The fourth-order valence-corrected chi connectivity index (χ4v) is 4.21. The molecule has 0 saturated carbocycles. The molecule has 0 aromatic heterocycles. The first-order valence-electron chi connectivity index (χ1n) is 10.9. The van der Waals surface area contributed by atoms with Gasteiger partial charge in [-0.3, -0.25) is 24.1 Å². The van der Waals surface area contributed by atoms with Crippen molar-refractivity contribution in [2.75, 3.05) is 20.2 Å². The first-order chi connectivity index (χ1) is 16.7. The highest BCUT2D eigenvalue weighted by Gasteiger charge is 2.35. The number of nitrogens with one attached hydrogen (secondary N) is 2. The largest absolute Gasteiger partial charge is 0.497 e. The summed E-state index contributed by atoms with van der Waals surface area (Å²) in [4.78, 5) is 51.5. The number of imide groups is 1. The van der Waals surface area contributed by atoms with Gasteiger partial charge in [0.25, 0.3) is 17.1 Å². The first-order valence-corrected chi connectivity index (χ1v) is 11.8. The maximum atomic E-state index is 13.9. The normalized spacial score (nSPS) is 15.5. The molecule has 35 heavy (non-hydrogen) atoms. The van der Waals surface area contributed by atoms with Crippen molar-refractivity contribution in [3.05, 3.63) is 70.4 Å². The summed E-state index contributed by atoms with van der Waals surface area (Å²) in [5.41, 5.74) is 0.586. The van der Waals surface area contributed by atoms with Crippen molar-refractivity contribution in [3.63, 3.8) is 0 Å². The van der Waals surface area contributed by atoms with Gasteiger partial charge >= 0.3 is 0 Å². The van der Waals surface area contributed by atoms with E-state index in [0.717, 1.165) is 22.2 Å². The predicted octanol–water partition coefficient (Wildman–Crippen LogP) is 3.44. The molecule has 0 aliphatic carbocycles. The SMILES string of the molecule is COc1ccc(C=C2SC(=O)N(CCNC(=O)C(NC(=O)c3ccccc3F)C(C)C)C2=O)cc1. The Labute approximate surface area is 206 Å². The second-order valence-electron chi connectivity index (χ2n) is 8.07. The van der Waals surface area contributed by atoms with Crippen LogP contribution in [0.1, 0.15) is 29.8 Å². The molecule has 1 atom stereocenters. The van der Waals surface area contributed by atoms with E-state index in [9.17, 15) is 23.6 Å². The topological polar surface area (TPSA) is 105 Å². The number of hydrogen-bond donors (Lipinski definition) is 2. The molecule has 2 aromatic rings. The third-order valence-corrected chi connectivity index (χ3v) is 6.18. The highest BCUT2D eigenvalue weighted by molar-refractivity contribution is 8.18. The van der Waals surface area contributed by atoms with E-state index in [1.807, 2.05) is 0 Å². The monoisotopic (exact) mass is 499 g/mol. The molecular weight excluding hydrogens is 473 g/mol. The minimum atomic E-state index is -0.924. The summed E-state index contributed by atoms with van der Waals surface area (Å²) < 4.78 is 19.0. The molecule has 1 fully saturated rings. The Morgan fingerprint density at radius 3 is 2.43 bits per heavy atom. The lowest BCUT2D eigenvalue weighted by Crippen LogP contribution is -2.51. The van der Waals surface area contributed by atoms with Crippen molar-refractivity contribution < 1.29 is 28.3 Å². The van der Waals surface area contributed by atoms with E-state index in [1.165, 1.54) is 24.3 Å². The lowest BCUT2D eigenvalue weighted by Gasteiger charge is -2.22. The quantitative estimate of drug-likeness (QED) is 0.512. The Morgan fingerprint density at radius 2 is 1.80 bits per heavy atom. The predicted molar refractivity (Wildman–Crippen MR) is 131 cm³/mol. The van der Waals surface area contributed by atoms with Gasteiger partial charge in [-0.25, -0.2) is 4.39 Å². The summed E-state index contributed by atoms with van der Waals surface area (Å²) in [6.45, 7) is 3.46. The lowest BCUT2D eigenvalue weighted by molar-refractivity contribution is -0.125. The molecule has 0 radical (unpaired) electrons. The standard InChI is InChI=1S/C25H26FN3O5S/c1-15(2)21(28-22(30)18-6-4-5-7-19(18)26)23(31)27-12-13-29-24(32)20(35-25(29)33)14-16-8-10-17(34-3)11-9-16/h4-11,14-15,21H,12-13H2,1-3H3,(H,27,31)(H,28,30). The fraction of sp³-hybridized carbons (Fsp3) is 0.280. The Kier molecular flexibility index (Phi) is 8.64. The fourth-order valence-electron chi connectivity index (χ4n) is 3.34. The molecule has 184 valence electrons. The van der Waals surface area contributed by atoms with Crippen LogP contribution >= 0.6 is 11.8 Å². The maximum Gasteiger partial charge on any atom is 0.293 e. The van der Waals surface area contributed by atoms with Gasteiger partial charge in [-0.1, -0.05) is 38.1 Å². The van der Waals surface area contributed by atoms with Crippen LogP contribution in [0.4, 0.5) is 9.18 Å². The van der Waals surface area contributed by atoms with Crippen LogP contribution < -0.4 is 15.4 Å². The van der Waals surface area contributed by atoms with Crippen molar-refractivity contribution >= 4 is 40.8 Å². The average molecular weight is 500 g/mol. The molecule has 1 saturated heterocycles. The van der Waals surface area contributed by atoms with E-state index < -0.39 is 34.8 Å². The number of amides is 4. The van der Waals surface area contributed by atoms with E-state index in [2.05, 4.69) is 10.6 Å². The third kappa shape index (κ3) is 6.48. The van der Waals surface area contributed by atoms with E-state index in [0.29, 0.717) is 5.75 Å². The van der Waals surface area contributed by atoms with Crippen LogP contribution in [-0.2, 0) is 9.59 Å². The summed E-state index contributed by atoms with van der Waals surface area (Å²) in [6.07, 6.45) is 1.62. The number of methoxy groups -OCH3 is 1. The van der Waals surface area contributed by atoms with E-state index in [-0.39, 0.29) is 29.5 Å². The smallest absolute Gasteiger partial charge is 0.293 e. The van der Waals surface area contributed by atoms with Crippen LogP contribution in [0, 0.1) is 11.7 Å². The van der Waals surface area contributed by atoms with Gasteiger partial charge in [0.1, 0.15) is 17.6 Å². The van der Waals surface area contributed by atoms with Crippen molar-refractivity contribution in [1.82, 2.24) is 15.5 Å². The second-order valence-corrected chi connectivity index (χ2v) is 9.07. The van der Waals surface area contributed by atoms with Gasteiger partial charge in [0.2, 0.25) is 5.91 Å².